The van der Waals surface area contributed by atoms with Gasteiger partial charge < -0.3 is 10.2 Å². The predicted octanol–water partition coefficient (Wildman–Crippen LogP) is 0.892. The number of amides is 2. The fraction of sp³-hybridized carbons (Fsp3) is 0.462. The molecule has 0 radical (unpaired) electrons. The lowest BCUT2D eigenvalue weighted by Crippen LogP contribution is -2.50. The molecule has 21 heavy (non-hydrogen) atoms. The topological polar surface area (TPSA) is 65.5 Å². The molecule has 1 aromatic rings. The predicted molar refractivity (Wildman–Crippen MR) is 80.7 cm³/mol. The summed E-state index contributed by atoms with van der Waals surface area (Å²) in [6.07, 6.45) is 0. The summed E-state index contributed by atoms with van der Waals surface area (Å²) in [6.45, 7) is 2.80. The summed E-state index contributed by atoms with van der Waals surface area (Å²) in [5.74, 6) is -0.150. The minimum atomic E-state index is -0.124. The highest BCUT2D eigenvalue weighted by molar-refractivity contribution is 6.33. The van der Waals surface area contributed by atoms with Crippen molar-refractivity contribution in [2.45, 2.75) is 0 Å². The van der Waals surface area contributed by atoms with Crippen LogP contribution in [0.5, 0.6) is 0 Å². The van der Waals surface area contributed by atoms with Gasteiger partial charge in [-0.15, -0.1) is 0 Å². The molecular formula is C13H16Cl2N4O2. The normalized spacial score (nSPS) is 15.9. The third-order valence-electron chi connectivity index (χ3n) is 3.32. The summed E-state index contributed by atoms with van der Waals surface area (Å²) in [5.41, 5.74) is 0.430. The number of pyridine rings is 1. The van der Waals surface area contributed by atoms with Crippen LogP contribution in [0.15, 0.2) is 12.1 Å². The zero-order valence-electron chi connectivity index (χ0n) is 11.6. The number of rotatable bonds is 3. The molecule has 1 aliphatic heterocycles. The Balaban J connectivity index is 1.95. The van der Waals surface area contributed by atoms with Crippen molar-refractivity contribution in [1.82, 2.24) is 20.1 Å². The molecule has 2 rings (SSSR count). The van der Waals surface area contributed by atoms with Gasteiger partial charge in [-0.05, 0) is 12.1 Å². The molecule has 0 aliphatic carbocycles. The lowest BCUT2D eigenvalue weighted by molar-refractivity contribution is -0.122. The van der Waals surface area contributed by atoms with E-state index in [4.69, 9.17) is 23.2 Å². The highest BCUT2D eigenvalue weighted by Gasteiger charge is 2.23. The van der Waals surface area contributed by atoms with Gasteiger partial charge in [-0.3, -0.25) is 14.5 Å². The smallest absolute Gasteiger partial charge is 0.254 e. The summed E-state index contributed by atoms with van der Waals surface area (Å²) in [7, 11) is 1.61. The summed E-state index contributed by atoms with van der Waals surface area (Å²) in [6, 6.07) is 3.01. The number of aromatic nitrogens is 1. The van der Waals surface area contributed by atoms with Crippen molar-refractivity contribution in [1.29, 1.82) is 0 Å². The average Bonchev–Trinajstić information content (AvgIpc) is 2.46. The molecule has 6 nitrogen and oxygen atoms in total. The third-order valence-corrected chi connectivity index (χ3v) is 3.70. The number of carbonyl (C=O) groups excluding carboxylic acids is 2. The second kappa shape index (κ2) is 7.06. The molecule has 114 valence electrons. The zero-order chi connectivity index (χ0) is 15.4. The lowest BCUT2D eigenvalue weighted by Gasteiger charge is -2.34. The Morgan fingerprint density at radius 3 is 2.29 bits per heavy atom. The van der Waals surface area contributed by atoms with E-state index in [9.17, 15) is 9.59 Å². The Morgan fingerprint density at radius 1 is 1.19 bits per heavy atom. The third kappa shape index (κ3) is 4.30. The molecule has 0 spiro atoms. The monoisotopic (exact) mass is 330 g/mol. The van der Waals surface area contributed by atoms with Crippen molar-refractivity contribution in [3.05, 3.63) is 28.0 Å². The molecule has 0 atom stereocenters. The molecule has 8 heteroatoms. The molecule has 0 unspecified atom stereocenters. The van der Waals surface area contributed by atoms with Gasteiger partial charge in [0.15, 0.2) is 0 Å². The van der Waals surface area contributed by atoms with Gasteiger partial charge in [-0.1, -0.05) is 23.2 Å². The molecule has 2 heterocycles. The summed E-state index contributed by atoms with van der Waals surface area (Å²) in [4.78, 5) is 31.3. The molecule has 1 aromatic heterocycles. The van der Waals surface area contributed by atoms with E-state index in [0.717, 1.165) is 0 Å². The van der Waals surface area contributed by atoms with Gasteiger partial charge in [0.1, 0.15) is 10.3 Å². The van der Waals surface area contributed by atoms with Gasteiger partial charge >= 0.3 is 0 Å². The number of nitrogens with one attached hydrogen (secondary N) is 1. The maximum Gasteiger partial charge on any atom is 0.254 e. The minimum absolute atomic E-state index is 0.0255. The minimum Gasteiger partial charge on any atom is -0.358 e. The van der Waals surface area contributed by atoms with E-state index in [2.05, 4.69) is 10.3 Å². The van der Waals surface area contributed by atoms with Crippen LogP contribution in [-0.4, -0.2) is 66.4 Å². The Hall–Kier alpha value is -1.37. The number of hydrogen-bond acceptors (Lipinski definition) is 4. The van der Waals surface area contributed by atoms with Crippen molar-refractivity contribution in [3.8, 4) is 0 Å². The summed E-state index contributed by atoms with van der Waals surface area (Å²) >= 11 is 11.6. The summed E-state index contributed by atoms with van der Waals surface area (Å²) in [5, 5.41) is 2.98. The molecule has 0 saturated carbocycles. The van der Waals surface area contributed by atoms with Crippen molar-refractivity contribution in [2.24, 2.45) is 0 Å². The SMILES string of the molecule is CNC(=O)CN1CCN(C(=O)c2cc(Cl)nc(Cl)c2)CC1. The number of piperazine rings is 1. The van der Waals surface area contributed by atoms with Crippen molar-refractivity contribution in [3.63, 3.8) is 0 Å². The highest BCUT2D eigenvalue weighted by Crippen LogP contribution is 2.17. The Kier molecular flexibility index (Phi) is 5.39. The molecule has 1 saturated heterocycles. The molecule has 2 amide bonds. The van der Waals surface area contributed by atoms with E-state index in [1.54, 1.807) is 11.9 Å². The van der Waals surface area contributed by atoms with Crippen LogP contribution < -0.4 is 5.32 Å². The molecule has 1 N–H and O–H groups in total. The molecule has 0 aromatic carbocycles. The fourth-order valence-corrected chi connectivity index (χ4v) is 2.62. The zero-order valence-corrected chi connectivity index (χ0v) is 13.1. The quantitative estimate of drug-likeness (QED) is 0.836. The van der Waals surface area contributed by atoms with E-state index in [1.165, 1.54) is 12.1 Å². The van der Waals surface area contributed by atoms with Crippen LogP contribution in [0, 0.1) is 0 Å². The first-order chi connectivity index (χ1) is 9.99. The van der Waals surface area contributed by atoms with E-state index in [0.29, 0.717) is 38.3 Å². The van der Waals surface area contributed by atoms with Gasteiger partial charge in [-0.2, -0.15) is 0 Å². The van der Waals surface area contributed by atoms with Gasteiger partial charge in [0, 0.05) is 38.8 Å². The fourth-order valence-electron chi connectivity index (χ4n) is 2.16. The number of likely N-dealkylation sites (N-methyl/N-ethyl adjacent to an activating group) is 1. The first-order valence-electron chi connectivity index (χ1n) is 6.55. The second-order valence-corrected chi connectivity index (χ2v) is 5.52. The van der Waals surface area contributed by atoms with Crippen molar-refractivity contribution in [2.75, 3.05) is 39.8 Å². The van der Waals surface area contributed by atoms with Gasteiger partial charge in [0.05, 0.1) is 6.54 Å². The lowest BCUT2D eigenvalue weighted by atomic mass is 10.2. The number of halogens is 2. The van der Waals surface area contributed by atoms with Crippen LogP contribution in [0.4, 0.5) is 0 Å². The van der Waals surface area contributed by atoms with Gasteiger partial charge in [0.25, 0.3) is 5.91 Å². The van der Waals surface area contributed by atoms with Crippen LogP contribution in [0.2, 0.25) is 10.3 Å². The van der Waals surface area contributed by atoms with Gasteiger partial charge in [-0.25, -0.2) is 4.98 Å². The van der Waals surface area contributed by atoms with Crippen LogP contribution in [0.1, 0.15) is 10.4 Å². The van der Waals surface area contributed by atoms with Gasteiger partial charge in [0.2, 0.25) is 5.91 Å². The van der Waals surface area contributed by atoms with Crippen LogP contribution in [-0.2, 0) is 4.79 Å². The Morgan fingerprint density at radius 2 is 1.76 bits per heavy atom. The number of carbonyl (C=O) groups is 2. The van der Waals surface area contributed by atoms with E-state index in [1.807, 2.05) is 4.90 Å². The van der Waals surface area contributed by atoms with E-state index in [-0.39, 0.29) is 22.1 Å². The second-order valence-electron chi connectivity index (χ2n) is 4.74. The van der Waals surface area contributed by atoms with Crippen LogP contribution in [0.3, 0.4) is 0 Å². The van der Waals surface area contributed by atoms with E-state index >= 15 is 0 Å². The first kappa shape index (κ1) is 16.0. The largest absolute Gasteiger partial charge is 0.358 e. The molecule has 1 aliphatic rings. The Labute approximate surface area is 133 Å². The maximum atomic E-state index is 12.4. The summed E-state index contributed by atoms with van der Waals surface area (Å²) < 4.78 is 0. The standard InChI is InChI=1S/C13H16Cl2N4O2/c1-16-12(20)8-18-2-4-19(5-3-18)13(21)9-6-10(14)17-11(15)7-9/h6-7H,2-5,8H2,1H3,(H,16,20). The van der Waals surface area contributed by atoms with E-state index < -0.39 is 0 Å². The van der Waals surface area contributed by atoms with Crippen LogP contribution in [0.25, 0.3) is 0 Å². The van der Waals surface area contributed by atoms with Crippen LogP contribution >= 0.6 is 23.2 Å². The highest BCUT2D eigenvalue weighted by atomic mass is 35.5. The number of hydrogen-bond donors (Lipinski definition) is 1. The molecular weight excluding hydrogens is 315 g/mol. The van der Waals surface area contributed by atoms with Crippen molar-refractivity contribution < 1.29 is 9.59 Å². The molecule has 0 bridgehead atoms. The van der Waals surface area contributed by atoms with Crippen molar-refractivity contribution >= 4 is 35.0 Å². The number of nitrogens with zero attached hydrogens (tertiary/aromatic N) is 3. The first-order valence-corrected chi connectivity index (χ1v) is 7.30. The average molecular weight is 331 g/mol. The Bertz CT molecular complexity index is 525. The molecule has 1 fully saturated rings. The maximum absolute atomic E-state index is 12.4.